The molecule has 0 saturated heterocycles. The fourth-order valence-electron chi connectivity index (χ4n) is 1.59. The molecule has 22 heavy (non-hydrogen) atoms. The normalized spacial score (nSPS) is 13.4. The molecular formula is C17H25N2O3-. The highest BCUT2D eigenvalue weighted by Gasteiger charge is 2.14. The average Bonchev–Trinajstić information content (AvgIpc) is 2.46. The second-order valence-electron chi connectivity index (χ2n) is 6.73. The minimum Gasteiger partial charge on any atom is -0.872 e. The van der Waals surface area contributed by atoms with Crippen LogP contribution in [0.3, 0.4) is 0 Å². The van der Waals surface area contributed by atoms with E-state index in [4.69, 9.17) is 0 Å². The summed E-state index contributed by atoms with van der Waals surface area (Å²) < 4.78 is 0. The molecular weight excluding hydrogens is 280 g/mol. The molecule has 0 unspecified atom stereocenters. The zero-order valence-corrected chi connectivity index (χ0v) is 13.9. The van der Waals surface area contributed by atoms with E-state index in [2.05, 4.69) is 9.98 Å². The second kappa shape index (κ2) is 7.03. The van der Waals surface area contributed by atoms with Crippen molar-refractivity contribution in [1.82, 2.24) is 0 Å². The summed E-state index contributed by atoms with van der Waals surface area (Å²) in [6.07, 6.45) is 3.00. The van der Waals surface area contributed by atoms with Gasteiger partial charge in [-0.2, -0.15) is 0 Å². The van der Waals surface area contributed by atoms with Crippen molar-refractivity contribution in [3.05, 3.63) is 28.8 Å². The molecule has 0 fully saturated rings. The molecule has 0 heterocycles. The lowest BCUT2D eigenvalue weighted by molar-refractivity contribution is -0.268. The van der Waals surface area contributed by atoms with Gasteiger partial charge < -0.3 is 15.3 Å². The van der Waals surface area contributed by atoms with Gasteiger partial charge in [-0.1, -0.05) is 17.9 Å². The van der Waals surface area contributed by atoms with E-state index in [1.165, 1.54) is 12.4 Å². The summed E-state index contributed by atoms with van der Waals surface area (Å²) in [5.74, 6) is -0.166. The Morgan fingerprint density at radius 1 is 0.955 bits per heavy atom. The van der Waals surface area contributed by atoms with Crippen LogP contribution in [0, 0.1) is 6.92 Å². The monoisotopic (exact) mass is 305 g/mol. The fraction of sp³-hybridized carbons (Fsp3) is 0.529. The van der Waals surface area contributed by atoms with Crippen LogP contribution in [0.2, 0.25) is 0 Å². The number of aliphatic hydroxyl groups is 2. The van der Waals surface area contributed by atoms with Gasteiger partial charge in [0.25, 0.3) is 0 Å². The van der Waals surface area contributed by atoms with Crippen molar-refractivity contribution in [3.63, 3.8) is 0 Å². The standard InChI is InChI=1S/C17H26N2O3/c1-12-6-13(8-18-16(2,3)10-20)15(22)14(7-12)9-19-17(4,5)11-21/h6-9,20-22H,10-11H2,1-5H3/p-1. The second-order valence-corrected chi connectivity index (χ2v) is 6.73. The Labute approximate surface area is 132 Å². The van der Waals surface area contributed by atoms with Crippen molar-refractivity contribution < 1.29 is 15.3 Å². The Morgan fingerprint density at radius 3 is 1.64 bits per heavy atom. The van der Waals surface area contributed by atoms with E-state index < -0.39 is 11.1 Å². The van der Waals surface area contributed by atoms with E-state index in [1.807, 2.05) is 6.92 Å². The summed E-state index contributed by atoms with van der Waals surface area (Å²) in [5, 5.41) is 30.9. The zero-order valence-electron chi connectivity index (χ0n) is 13.9. The van der Waals surface area contributed by atoms with Crippen molar-refractivity contribution in [2.45, 2.75) is 45.7 Å². The molecule has 1 aromatic rings. The molecule has 0 spiro atoms. The van der Waals surface area contributed by atoms with Crippen LogP contribution in [0.25, 0.3) is 0 Å². The number of benzene rings is 1. The molecule has 0 aliphatic rings. The van der Waals surface area contributed by atoms with Crippen molar-refractivity contribution in [2.75, 3.05) is 13.2 Å². The Bertz CT molecular complexity index is 528. The predicted molar refractivity (Wildman–Crippen MR) is 88.1 cm³/mol. The van der Waals surface area contributed by atoms with Gasteiger partial charge in [0.05, 0.1) is 24.3 Å². The van der Waals surface area contributed by atoms with Crippen LogP contribution in [-0.2, 0) is 0 Å². The number of hydrogen-bond acceptors (Lipinski definition) is 5. The highest BCUT2D eigenvalue weighted by Crippen LogP contribution is 2.21. The SMILES string of the molecule is Cc1cc(C=NC(C)(C)CO)c([O-])c(C=NC(C)(C)CO)c1. The molecule has 0 amide bonds. The quantitative estimate of drug-likeness (QED) is 0.780. The van der Waals surface area contributed by atoms with Crippen LogP contribution in [0.1, 0.15) is 44.4 Å². The first kappa shape index (κ1) is 18.3. The van der Waals surface area contributed by atoms with E-state index >= 15 is 0 Å². The third kappa shape index (κ3) is 5.24. The first-order valence-electron chi connectivity index (χ1n) is 7.24. The molecule has 1 aromatic carbocycles. The van der Waals surface area contributed by atoms with Gasteiger partial charge in [0.15, 0.2) is 0 Å². The van der Waals surface area contributed by atoms with Crippen LogP contribution in [0.4, 0.5) is 0 Å². The highest BCUT2D eigenvalue weighted by molar-refractivity contribution is 5.92. The largest absolute Gasteiger partial charge is 0.872 e. The summed E-state index contributed by atoms with van der Waals surface area (Å²) in [7, 11) is 0. The smallest absolute Gasteiger partial charge is 0.0782 e. The Hall–Kier alpha value is -1.72. The Balaban J connectivity index is 3.18. The summed E-state index contributed by atoms with van der Waals surface area (Å²) in [4.78, 5) is 8.51. The van der Waals surface area contributed by atoms with Gasteiger partial charge in [0, 0.05) is 12.4 Å². The summed E-state index contributed by atoms with van der Waals surface area (Å²) in [5.41, 5.74) is 0.604. The van der Waals surface area contributed by atoms with Gasteiger partial charge >= 0.3 is 0 Å². The maximum atomic E-state index is 12.4. The molecule has 0 aromatic heterocycles. The summed E-state index contributed by atoms with van der Waals surface area (Å²) >= 11 is 0. The molecule has 0 atom stereocenters. The molecule has 0 saturated carbocycles. The van der Waals surface area contributed by atoms with E-state index in [9.17, 15) is 15.3 Å². The Morgan fingerprint density at radius 2 is 1.32 bits per heavy atom. The number of aliphatic hydroxyl groups excluding tert-OH is 2. The molecule has 0 aliphatic carbocycles. The van der Waals surface area contributed by atoms with Crippen LogP contribution < -0.4 is 5.11 Å². The molecule has 0 bridgehead atoms. The fourth-order valence-corrected chi connectivity index (χ4v) is 1.59. The van der Waals surface area contributed by atoms with Gasteiger partial charge in [-0.3, -0.25) is 9.98 Å². The lowest BCUT2D eigenvalue weighted by Gasteiger charge is -2.20. The molecule has 1 rings (SSSR count). The maximum absolute atomic E-state index is 12.4. The van der Waals surface area contributed by atoms with E-state index in [0.717, 1.165) is 5.56 Å². The van der Waals surface area contributed by atoms with E-state index in [0.29, 0.717) is 11.1 Å². The van der Waals surface area contributed by atoms with Gasteiger partial charge in [-0.15, -0.1) is 0 Å². The van der Waals surface area contributed by atoms with Crippen LogP contribution >= 0.6 is 0 Å². The predicted octanol–water partition coefficient (Wildman–Crippen LogP) is 1.45. The third-order valence-electron chi connectivity index (χ3n) is 3.17. The first-order valence-corrected chi connectivity index (χ1v) is 7.24. The van der Waals surface area contributed by atoms with Gasteiger partial charge in [0.1, 0.15) is 0 Å². The first-order chi connectivity index (χ1) is 10.1. The van der Waals surface area contributed by atoms with Crippen molar-refractivity contribution in [3.8, 4) is 5.75 Å². The van der Waals surface area contributed by atoms with E-state index in [-0.39, 0.29) is 19.0 Å². The summed E-state index contributed by atoms with van der Waals surface area (Å²) in [6, 6.07) is 3.52. The van der Waals surface area contributed by atoms with Crippen molar-refractivity contribution >= 4 is 12.4 Å². The summed E-state index contributed by atoms with van der Waals surface area (Å²) in [6.45, 7) is 8.85. The lowest BCUT2D eigenvalue weighted by atomic mass is 10.0. The number of hydrogen-bond donors (Lipinski definition) is 2. The molecule has 0 radical (unpaired) electrons. The molecule has 2 N–H and O–H groups in total. The number of nitrogens with zero attached hydrogens (tertiary/aromatic N) is 2. The van der Waals surface area contributed by atoms with Gasteiger partial charge in [0.2, 0.25) is 0 Å². The molecule has 122 valence electrons. The number of rotatable bonds is 6. The average molecular weight is 305 g/mol. The number of aliphatic imine (C=N–C) groups is 2. The van der Waals surface area contributed by atoms with Crippen molar-refractivity contribution in [1.29, 1.82) is 0 Å². The molecule has 5 heteroatoms. The van der Waals surface area contributed by atoms with Crippen LogP contribution in [-0.4, -0.2) is 46.9 Å². The zero-order chi connectivity index (χ0) is 17.0. The highest BCUT2D eigenvalue weighted by atomic mass is 16.3. The Kier molecular flexibility index (Phi) is 5.85. The topological polar surface area (TPSA) is 88.2 Å². The molecule has 0 aliphatic heterocycles. The molecule has 5 nitrogen and oxygen atoms in total. The lowest BCUT2D eigenvalue weighted by Crippen LogP contribution is -2.22. The van der Waals surface area contributed by atoms with Crippen LogP contribution in [0.15, 0.2) is 22.1 Å². The minimum atomic E-state index is -0.622. The van der Waals surface area contributed by atoms with Crippen molar-refractivity contribution in [2.24, 2.45) is 9.98 Å². The number of aryl methyl sites for hydroxylation is 1. The minimum absolute atomic E-state index is 0.0947. The van der Waals surface area contributed by atoms with E-state index in [1.54, 1.807) is 39.8 Å². The van der Waals surface area contributed by atoms with Gasteiger partial charge in [-0.05, 0) is 51.3 Å². The van der Waals surface area contributed by atoms with Gasteiger partial charge in [-0.25, -0.2) is 0 Å². The maximum Gasteiger partial charge on any atom is 0.0782 e. The third-order valence-corrected chi connectivity index (χ3v) is 3.17. The van der Waals surface area contributed by atoms with Crippen LogP contribution in [0.5, 0.6) is 5.75 Å².